The lowest BCUT2D eigenvalue weighted by atomic mass is 9.92. The van der Waals surface area contributed by atoms with Crippen LogP contribution in [0, 0.1) is 5.41 Å². The minimum atomic E-state index is -0.649. The van der Waals surface area contributed by atoms with Crippen LogP contribution in [0.3, 0.4) is 0 Å². The van der Waals surface area contributed by atoms with Crippen molar-refractivity contribution in [3.8, 4) is 0 Å². The Bertz CT molecular complexity index is 445. The number of hydrogen-bond acceptors (Lipinski definition) is 4. The van der Waals surface area contributed by atoms with Crippen molar-refractivity contribution in [3.63, 3.8) is 0 Å². The summed E-state index contributed by atoms with van der Waals surface area (Å²) in [7, 11) is 0. The number of anilines is 1. The summed E-state index contributed by atoms with van der Waals surface area (Å²) in [4.78, 5) is 15.4. The maximum atomic E-state index is 11.2. The molecule has 0 unspecified atom stereocenters. The van der Waals surface area contributed by atoms with Gasteiger partial charge in [-0.25, -0.2) is 0 Å². The van der Waals surface area contributed by atoms with E-state index in [9.17, 15) is 4.79 Å². The smallest absolute Gasteiger partial charge is 0.224 e. The van der Waals surface area contributed by atoms with Gasteiger partial charge in [-0.05, 0) is 19.9 Å². The van der Waals surface area contributed by atoms with Gasteiger partial charge in [0, 0.05) is 18.3 Å². The largest absolute Gasteiger partial charge is 0.389 e. The highest BCUT2D eigenvalue weighted by Gasteiger charge is 2.24. The summed E-state index contributed by atoms with van der Waals surface area (Å²) in [5.74, 6) is -0.370. The number of hydrogen-bond donors (Lipinski definition) is 3. The van der Waals surface area contributed by atoms with Gasteiger partial charge in [-0.3, -0.25) is 9.78 Å². The fourth-order valence-electron chi connectivity index (χ4n) is 1.15. The van der Waals surface area contributed by atoms with E-state index in [2.05, 4.69) is 10.3 Å². The zero-order chi connectivity index (χ0) is 13.1. The molecule has 0 atom stereocenters. The number of rotatable bonds is 5. The zero-order valence-corrected chi connectivity index (χ0v) is 10.7. The number of nitrogens with two attached hydrogens (primary N) is 2. The van der Waals surface area contributed by atoms with E-state index in [1.54, 1.807) is 32.3 Å². The number of carbonyl (C=O) groups is 1. The van der Waals surface area contributed by atoms with E-state index < -0.39 is 5.41 Å². The van der Waals surface area contributed by atoms with Gasteiger partial charge in [0.1, 0.15) is 4.99 Å². The third-order valence-corrected chi connectivity index (χ3v) is 2.69. The van der Waals surface area contributed by atoms with Gasteiger partial charge in [0.05, 0.1) is 17.3 Å². The van der Waals surface area contributed by atoms with Crippen LogP contribution in [0.5, 0.6) is 0 Å². The van der Waals surface area contributed by atoms with Crippen LogP contribution >= 0.6 is 12.2 Å². The number of nitrogens with zero attached hydrogens (tertiary/aromatic N) is 1. The molecule has 1 aromatic rings. The summed E-state index contributed by atoms with van der Waals surface area (Å²) in [6.07, 6.45) is 3.23. The molecular formula is C11H16N4OS. The quantitative estimate of drug-likeness (QED) is 0.669. The lowest BCUT2D eigenvalue weighted by molar-refractivity contribution is -0.125. The molecule has 17 heavy (non-hydrogen) atoms. The average molecular weight is 252 g/mol. The molecule has 0 aliphatic heterocycles. The number of thiocarbonyl (C=S) groups is 1. The first kappa shape index (κ1) is 13.4. The van der Waals surface area contributed by atoms with Crippen LogP contribution in [0.2, 0.25) is 0 Å². The molecule has 0 saturated carbocycles. The summed E-state index contributed by atoms with van der Waals surface area (Å²) < 4.78 is 0. The molecule has 6 heteroatoms. The van der Waals surface area contributed by atoms with E-state index in [-0.39, 0.29) is 10.9 Å². The number of pyridine rings is 1. The normalized spacial score (nSPS) is 10.9. The van der Waals surface area contributed by atoms with Crippen LogP contribution in [0.25, 0.3) is 0 Å². The Labute approximate surface area is 106 Å². The fourth-order valence-corrected chi connectivity index (χ4v) is 1.33. The number of aromatic nitrogens is 1. The Morgan fingerprint density at radius 2 is 2.18 bits per heavy atom. The maximum Gasteiger partial charge on any atom is 0.224 e. The Balaban J connectivity index is 2.83. The molecule has 1 amide bonds. The van der Waals surface area contributed by atoms with Gasteiger partial charge in [0.2, 0.25) is 5.91 Å². The lowest BCUT2D eigenvalue weighted by Gasteiger charge is -2.22. The molecule has 5 nitrogen and oxygen atoms in total. The highest BCUT2D eigenvalue weighted by atomic mass is 32.1. The van der Waals surface area contributed by atoms with Gasteiger partial charge in [-0.15, -0.1) is 0 Å². The van der Waals surface area contributed by atoms with Gasteiger partial charge >= 0.3 is 0 Å². The van der Waals surface area contributed by atoms with E-state index in [1.165, 1.54) is 0 Å². The highest BCUT2D eigenvalue weighted by Crippen LogP contribution is 2.18. The molecule has 0 aliphatic rings. The minimum absolute atomic E-state index is 0.284. The molecule has 0 spiro atoms. The summed E-state index contributed by atoms with van der Waals surface area (Å²) in [5.41, 5.74) is 11.6. The van der Waals surface area contributed by atoms with E-state index >= 15 is 0 Å². The third-order valence-electron chi connectivity index (χ3n) is 2.47. The minimum Gasteiger partial charge on any atom is -0.389 e. The second-order valence-corrected chi connectivity index (χ2v) is 4.83. The maximum absolute atomic E-state index is 11.2. The van der Waals surface area contributed by atoms with Crippen molar-refractivity contribution in [1.82, 2.24) is 4.98 Å². The molecule has 5 N–H and O–H groups in total. The van der Waals surface area contributed by atoms with Crippen LogP contribution in [-0.2, 0) is 4.79 Å². The average Bonchev–Trinajstić information content (AvgIpc) is 2.26. The van der Waals surface area contributed by atoms with Crippen molar-refractivity contribution >= 4 is 28.8 Å². The first-order valence-electron chi connectivity index (χ1n) is 5.12. The van der Waals surface area contributed by atoms with Crippen molar-refractivity contribution in [1.29, 1.82) is 0 Å². The fraction of sp³-hybridized carbons (Fsp3) is 0.364. The predicted molar refractivity (Wildman–Crippen MR) is 71.6 cm³/mol. The van der Waals surface area contributed by atoms with E-state index in [1.807, 2.05) is 0 Å². The van der Waals surface area contributed by atoms with Gasteiger partial charge in [-0.1, -0.05) is 12.2 Å². The molecule has 0 bridgehead atoms. The molecular weight excluding hydrogens is 236 g/mol. The molecule has 0 fully saturated rings. The van der Waals surface area contributed by atoms with Crippen LogP contribution in [0.1, 0.15) is 19.4 Å². The molecule has 1 aromatic heterocycles. The van der Waals surface area contributed by atoms with Gasteiger partial charge in [0.25, 0.3) is 0 Å². The standard InChI is InChI=1S/C11H16N4OS/c1-11(2,10(13)16)6-15-8-5-14-4-3-7(8)9(12)17/h3-5,15H,6H2,1-2H3,(H2,12,17)(H2,13,16). The predicted octanol–water partition coefficient (Wildman–Crippen LogP) is 0.639. The van der Waals surface area contributed by atoms with Crippen LogP contribution < -0.4 is 16.8 Å². The summed E-state index contributed by atoms with van der Waals surface area (Å²) in [6, 6.07) is 1.72. The Morgan fingerprint density at radius 1 is 1.53 bits per heavy atom. The monoisotopic (exact) mass is 252 g/mol. The molecule has 92 valence electrons. The van der Waals surface area contributed by atoms with Gasteiger partial charge in [-0.2, -0.15) is 0 Å². The van der Waals surface area contributed by atoms with Gasteiger partial charge in [0.15, 0.2) is 0 Å². The van der Waals surface area contributed by atoms with E-state index in [0.29, 0.717) is 17.8 Å². The molecule has 0 aromatic carbocycles. The Kier molecular flexibility index (Phi) is 4.01. The van der Waals surface area contributed by atoms with E-state index in [4.69, 9.17) is 23.7 Å². The summed E-state index contributed by atoms with van der Waals surface area (Å²) in [5, 5.41) is 3.09. The van der Waals surface area contributed by atoms with Crippen molar-refractivity contribution in [3.05, 3.63) is 24.0 Å². The van der Waals surface area contributed by atoms with E-state index in [0.717, 1.165) is 0 Å². The van der Waals surface area contributed by atoms with Crippen LogP contribution in [0.15, 0.2) is 18.5 Å². The second-order valence-electron chi connectivity index (χ2n) is 4.39. The number of nitrogens with one attached hydrogen (secondary N) is 1. The molecule has 0 radical (unpaired) electrons. The Morgan fingerprint density at radius 3 is 2.71 bits per heavy atom. The van der Waals surface area contributed by atoms with Crippen molar-refractivity contribution in [2.45, 2.75) is 13.8 Å². The SMILES string of the molecule is CC(C)(CNc1cnccc1C(N)=S)C(N)=O. The third kappa shape index (κ3) is 3.39. The zero-order valence-electron chi connectivity index (χ0n) is 9.86. The number of primary amides is 1. The lowest BCUT2D eigenvalue weighted by Crippen LogP contribution is -2.37. The molecule has 1 heterocycles. The Hall–Kier alpha value is -1.69. The van der Waals surface area contributed by atoms with Crippen molar-refractivity contribution in [2.24, 2.45) is 16.9 Å². The first-order chi connectivity index (χ1) is 7.84. The molecule has 0 saturated heterocycles. The second kappa shape index (κ2) is 5.09. The van der Waals surface area contributed by atoms with Crippen LogP contribution in [0.4, 0.5) is 5.69 Å². The summed E-state index contributed by atoms with van der Waals surface area (Å²) in [6.45, 7) is 3.92. The van der Waals surface area contributed by atoms with Gasteiger partial charge < -0.3 is 16.8 Å². The number of carbonyl (C=O) groups excluding carboxylic acids is 1. The van der Waals surface area contributed by atoms with Crippen LogP contribution in [-0.4, -0.2) is 22.4 Å². The summed E-state index contributed by atoms with van der Waals surface area (Å²) >= 11 is 4.93. The molecule has 1 rings (SSSR count). The first-order valence-corrected chi connectivity index (χ1v) is 5.53. The van der Waals surface area contributed by atoms with Crippen molar-refractivity contribution < 1.29 is 4.79 Å². The highest BCUT2D eigenvalue weighted by molar-refractivity contribution is 7.80. The number of amides is 1. The molecule has 0 aliphatic carbocycles. The van der Waals surface area contributed by atoms with Crippen molar-refractivity contribution in [2.75, 3.05) is 11.9 Å². The topological polar surface area (TPSA) is 94.0 Å².